The van der Waals surface area contributed by atoms with Gasteiger partial charge in [-0.2, -0.15) is 9.57 Å². The summed E-state index contributed by atoms with van der Waals surface area (Å²) in [6.07, 6.45) is 2.95. The van der Waals surface area contributed by atoms with Crippen LogP contribution in [0.1, 0.15) is 42.9 Å². The number of hydrogen-bond acceptors (Lipinski definition) is 4. The Morgan fingerprint density at radius 3 is 2.26 bits per heavy atom. The van der Waals surface area contributed by atoms with E-state index in [-0.39, 0.29) is 16.7 Å². The second-order valence-electron chi connectivity index (χ2n) is 9.23. The number of amides is 1. The number of sulfonamides is 1. The smallest absolute Gasteiger partial charge is 0.243 e. The molecule has 34 heavy (non-hydrogen) atoms. The number of para-hydroxylation sites is 1. The van der Waals surface area contributed by atoms with Crippen LogP contribution in [0.3, 0.4) is 0 Å². The van der Waals surface area contributed by atoms with Crippen molar-refractivity contribution in [2.75, 3.05) is 26.2 Å². The normalized spacial score (nSPS) is 18.7. The number of carbonyl (C=O) groups is 1. The molecule has 1 amide bonds. The Kier molecular flexibility index (Phi) is 6.15. The minimum Gasteiger partial charge on any atom is -0.358 e. The fraction of sp³-hybridized carbons (Fsp3) is 0.385. The van der Waals surface area contributed by atoms with Crippen molar-refractivity contribution in [3.8, 4) is 6.07 Å². The van der Waals surface area contributed by atoms with Gasteiger partial charge in [-0.3, -0.25) is 4.79 Å². The standard InChI is InChI=1S/C26H28N4O3S/c27-18-19-5-7-23(8-6-19)34(32,33)30-15-11-21(12-16-30)26(31)29-13-9-20(10-14-29)25-17-22-3-1-2-4-24(22)28-25/h1-8,17,20-21,28H,9-16H2. The van der Waals surface area contributed by atoms with Crippen molar-refractivity contribution in [2.45, 2.75) is 36.5 Å². The number of carbonyl (C=O) groups excluding carboxylic acids is 1. The first-order valence-corrected chi connectivity index (χ1v) is 13.3. The second-order valence-corrected chi connectivity index (χ2v) is 11.2. The molecule has 2 aliphatic rings. The highest BCUT2D eigenvalue weighted by Gasteiger charge is 2.35. The Morgan fingerprint density at radius 1 is 0.941 bits per heavy atom. The summed E-state index contributed by atoms with van der Waals surface area (Å²) in [6.45, 7) is 2.15. The van der Waals surface area contributed by atoms with Crippen molar-refractivity contribution in [3.05, 3.63) is 65.9 Å². The predicted molar refractivity (Wildman–Crippen MR) is 129 cm³/mol. The Bertz CT molecular complexity index is 1290. The van der Waals surface area contributed by atoms with Crippen LogP contribution in [0.4, 0.5) is 0 Å². The van der Waals surface area contributed by atoms with Crippen LogP contribution < -0.4 is 0 Å². The molecule has 8 heteroatoms. The maximum absolute atomic E-state index is 13.2. The SMILES string of the molecule is N#Cc1ccc(S(=O)(=O)N2CCC(C(=O)N3CCC(c4cc5ccccc5[nH]4)CC3)CC2)cc1. The molecule has 0 radical (unpaired) electrons. The molecule has 1 N–H and O–H groups in total. The van der Waals surface area contributed by atoms with E-state index >= 15 is 0 Å². The number of aromatic amines is 1. The molecule has 0 bridgehead atoms. The van der Waals surface area contributed by atoms with E-state index in [2.05, 4.69) is 23.2 Å². The largest absolute Gasteiger partial charge is 0.358 e. The lowest BCUT2D eigenvalue weighted by atomic mass is 9.91. The number of rotatable bonds is 4. The number of hydrogen-bond donors (Lipinski definition) is 1. The monoisotopic (exact) mass is 476 g/mol. The molecule has 2 aromatic carbocycles. The van der Waals surface area contributed by atoms with Gasteiger partial charge in [0.15, 0.2) is 0 Å². The lowest BCUT2D eigenvalue weighted by molar-refractivity contribution is -0.137. The molecule has 5 rings (SSSR count). The Morgan fingerprint density at radius 2 is 1.62 bits per heavy atom. The topological polar surface area (TPSA) is 97.3 Å². The first-order valence-electron chi connectivity index (χ1n) is 11.8. The summed E-state index contributed by atoms with van der Waals surface area (Å²) in [7, 11) is -3.61. The number of piperidine rings is 2. The van der Waals surface area contributed by atoms with Gasteiger partial charge >= 0.3 is 0 Å². The van der Waals surface area contributed by atoms with E-state index in [1.54, 1.807) is 0 Å². The van der Waals surface area contributed by atoms with Crippen LogP contribution in [0, 0.1) is 17.2 Å². The van der Waals surface area contributed by atoms with Gasteiger partial charge < -0.3 is 9.88 Å². The van der Waals surface area contributed by atoms with Crippen molar-refractivity contribution in [1.29, 1.82) is 5.26 Å². The van der Waals surface area contributed by atoms with Gasteiger partial charge in [0.1, 0.15) is 0 Å². The number of aromatic nitrogens is 1. The van der Waals surface area contributed by atoms with Crippen molar-refractivity contribution in [2.24, 2.45) is 5.92 Å². The van der Waals surface area contributed by atoms with Crippen LogP contribution in [0.15, 0.2) is 59.5 Å². The number of fused-ring (bicyclic) bond motifs is 1. The van der Waals surface area contributed by atoms with E-state index in [1.165, 1.54) is 39.7 Å². The second kappa shape index (κ2) is 9.24. The van der Waals surface area contributed by atoms with E-state index in [9.17, 15) is 13.2 Å². The van der Waals surface area contributed by atoms with Crippen LogP contribution in [0.2, 0.25) is 0 Å². The van der Waals surface area contributed by atoms with E-state index in [0.29, 0.717) is 37.4 Å². The van der Waals surface area contributed by atoms with Crippen LogP contribution in [0.5, 0.6) is 0 Å². The quantitative estimate of drug-likeness (QED) is 0.619. The molecule has 2 aliphatic heterocycles. The highest BCUT2D eigenvalue weighted by Crippen LogP contribution is 2.32. The molecule has 0 spiro atoms. The van der Waals surface area contributed by atoms with E-state index in [1.807, 2.05) is 23.1 Å². The summed E-state index contributed by atoms with van der Waals surface area (Å²) >= 11 is 0. The fourth-order valence-electron chi connectivity index (χ4n) is 5.18. The van der Waals surface area contributed by atoms with Gasteiger partial charge in [-0.15, -0.1) is 0 Å². The number of nitriles is 1. The third-order valence-electron chi connectivity index (χ3n) is 7.22. The molecule has 0 saturated carbocycles. The van der Waals surface area contributed by atoms with Gasteiger partial charge in [-0.25, -0.2) is 8.42 Å². The van der Waals surface area contributed by atoms with E-state index < -0.39 is 10.0 Å². The zero-order chi connectivity index (χ0) is 23.7. The molecule has 0 unspecified atom stereocenters. The van der Waals surface area contributed by atoms with Crippen molar-refractivity contribution < 1.29 is 13.2 Å². The van der Waals surface area contributed by atoms with Gasteiger partial charge in [0.25, 0.3) is 0 Å². The van der Waals surface area contributed by atoms with Crippen LogP contribution in [-0.4, -0.2) is 54.7 Å². The number of nitrogens with one attached hydrogen (secondary N) is 1. The summed E-state index contributed by atoms with van der Waals surface area (Å²) in [6, 6.07) is 18.5. The highest BCUT2D eigenvalue weighted by atomic mass is 32.2. The summed E-state index contributed by atoms with van der Waals surface area (Å²) in [5.41, 5.74) is 2.82. The fourth-order valence-corrected chi connectivity index (χ4v) is 6.65. The Balaban J connectivity index is 1.16. The number of H-pyrrole nitrogens is 1. The van der Waals surface area contributed by atoms with Gasteiger partial charge in [0, 0.05) is 49.2 Å². The highest BCUT2D eigenvalue weighted by molar-refractivity contribution is 7.89. The van der Waals surface area contributed by atoms with Crippen LogP contribution in [-0.2, 0) is 14.8 Å². The molecule has 0 atom stereocenters. The number of benzene rings is 2. The summed E-state index contributed by atoms with van der Waals surface area (Å²) < 4.78 is 27.3. The molecular weight excluding hydrogens is 448 g/mol. The lowest BCUT2D eigenvalue weighted by Crippen LogP contribution is -2.46. The number of likely N-dealkylation sites (tertiary alicyclic amines) is 1. The van der Waals surface area contributed by atoms with Gasteiger partial charge in [-0.05, 0) is 67.5 Å². The average molecular weight is 477 g/mol. The molecule has 3 aromatic rings. The van der Waals surface area contributed by atoms with Crippen molar-refractivity contribution in [1.82, 2.24) is 14.2 Å². The van der Waals surface area contributed by atoms with Crippen molar-refractivity contribution in [3.63, 3.8) is 0 Å². The van der Waals surface area contributed by atoms with Gasteiger partial charge in [0.05, 0.1) is 16.5 Å². The molecule has 1 aromatic heterocycles. The third-order valence-corrected chi connectivity index (χ3v) is 9.13. The molecule has 3 heterocycles. The Labute approximate surface area is 200 Å². The third kappa shape index (κ3) is 4.33. The predicted octanol–water partition coefficient (Wildman–Crippen LogP) is 3.85. The zero-order valence-electron chi connectivity index (χ0n) is 19.0. The lowest BCUT2D eigenvalue weighted by Gasteiger charge is -2.37. The first-order chi connectivity index (χ1) is 16.5. The van der Waals surface area contributed by atoms with Crippen LogP contribution >= 0.6 is 0 Å². The zero-order valence-corrected chi connectivity index (χ0v) is 19.8. The van der Waals surface area contributed by atoms with Crippen molar-refractivity contribution >= 4 is 26.8 Å². The molecule has 176 valence electrons. The summed E-state index contributed by atoms with van der Waals surface area (Å²) in [4.78, 5) is 18.8. The Hall–Kier alpha value is -3.15. The number of nitrogens with zero attached hydrogens (tertiary/aromatic N) is 3. The van der Waals surface area contributed by atoms with Crippen LogP contribution in [0.25, 0.3) is 10.9 Å². The van der Waals surface area contributed by atoms with Gasteiger partial charge in [0.2, 0.25) is 15.9 Å². The molecule has 7 nitrogen and oxygen atoms in total. The van der Waals surface area contributed by atoms with E-state index in [0.717, 1.165) is 31.4 Å². The molecule has 2 saturated heterocycles. The minimum atomic E-state index is -3.61. The maximum atomic E-state index is 13.2. The summed E-state index contributed by atoms with van der Waals surface area (Å²) in [5, 5.41) is 10.1. The minimum absolute atomic E-state index is 0.128. The first kappa shape index (κ1) is 22.6. The molecule has 2 fully saturated rings. The summed E-state index contributed by atoms with van der Waals surface area (Å²) in [5.74, 6) is 0.457. The average Bonchev–Trinajstić information content (AvgIpc) is 3.33. The molecule has 0 aliphatic carbocycles. The van der Waals surface area contributed by atoms with Gasteiger partial charge in [-0.1, -0.05) is 18.2 Å². The maximum Gasteiger partial charge on any atom is 0.243 e. The molecular formula is C26H28N4O3S. The van der Waals surface area contributed by atoms with E-state index in [4.69, 9.17) is 5.26 Å².